The van der Waals surface area contributed by atoms with E-state index >= 15 is 0 Å². The molecule has 0 radical (unpaired) electrons. The van der Waals surface area contributed by atoms with Gasteiger partial charge in [-0.1, -0.05) is 25.9 Å². The summed E-state index contributed by atoms with van der Waals surface area (Å²) in [5.74, 6) is -0.948. The van der Waals surface area contributed by atoms with Crippen LogP contribution in [0.15, 0.2) is 10.6 Å². The van der Waals surface area contributed by atoms with Gasteiger partial charge in [-0.15, -0.1) is 0 Å². The monoisotopic (exact) mass is 240 g/mol. The topological polar surface area (TPSA) is 83.6 Å². The van der Waals surface area contributed by atoms with Crippen LogP contribution >= 0.6 is 0 Å². The second kappa shape index (κ2) is 4.57. The Morgan fingerprint density at radius 1 is 1.47 bits per heavy atom. The Hall–Kier alpha value is -1.85. The van der Waals surface area contributed by atoms with E-state index in [-0.39, 0.29) is 17.7 Å². The van der Waals surface area contributed by atoms with E-state index in [9.17, 15) is 9.59 Å². The zero-order valence-corrected chi connectivity index (χ0v) is 10.4. The fraction of sp³-hybridized carbons (Fsp3) is 0.545. The van der Waals surface area contributed by atoms with Crippen molar-refractivity contribution in [2.75, 3.05) is 13.6 Å². The van der Waals surface area contributed by atoms with E-state index in [2.05, 4.69) is 5.16 Å². The van der Waals surface area contributed by atoms with E-state index < -0.39 is 11.9 Å². The largest absolute Gasteiger partial charge is 0.480 e. The molecule has 6 nitrogen and oxygen atoms in total. The van der Waals surface area contributed by atoms with Gasteiger partial charge in [-0.3, -0.25) is 9.59 Å². The van der Waals surface area contributed by atoms with Crippen molar-refractivity contribution in [1.29, 1.82) is 0 Å². The Morgan fingerprint density at radius 2 is 2.06 bits per heavy atom. The van der Waals surface area contributed by atoms with Crippen LogP contribution in [0, 0.1) is 0 Å². The molecule has 0 saturated carbocycles. The average Bonchev–Trinajstić information content (AvgIpc) is 2.63. The summed E-state index contributed by atoms with van der Waals surface area (Å²) in [5.41, 5.74) is -0.115. The molecule has 0 aliphatic rings. The van der Waals surface area contributed by atoms with Gasteiger partial charge in [0.15, 0.2) is 5.69 Å². The molecule has 94 valence electrons. The summed E-state index contributed by atoms with van der Waals surface area (Å²) in [5, 5.41) is 12.2. The summed E-state index contributed by atoms with van der Waals surface area (Å²) in [4.78, 5) is 23.3. The van der Waals surface area contributed by atoms with E-state index in [1.807, 2.05) is 20.8 Å². The third kappa shape index (κ3) is 3.30. The molecule has 0 aliphatic carbocycles. The number of aromatic nitrogens is 1. The van der Waals surface area contributed by atoms with Crippen LogP contribution in [0.4, 0.5) is 0 Å². The Morgan fingerprint density at radius 3 is 2.47 bits per heavy atom. The third-order valence-electron chi connectivity index (χ3n) is 2.19. The quantitative estimate of drug-likeness (QED) is 0.856. The molecule has 1 amide bonds. The smallest absolute Gasteiger partial charge is 0.323 e. The van der Waals surface area contributed by atoms with Gasteiger partial charge in [0.05, 0.1) is 0 Å². The highest BCUT2D eigenvalue weighted by molar-refractivity contribution is 5.93. The number of hydrogen-bond acceptors (Lipinski definition) is 4. The first-order valence-corrected chi connectivity index (χ1v) is 5.16. The van der Waals surface area contributed by atoms with Crippen LogP contribution in [-0.2, 0) is 10.2 Å². The van der Waals surface area contributed by atoms with Gasteiger partial charge in [-0.05, 0) is 0 Å². The lowest BCUT2D eigenvalue weighted by atomic mass is 9.93. The minimum Gasteiger partial charge on any atom is -0.480 e. The van der Waals surface area contributed by atoms with Crippen LogP contribution in [0.5, 0.6) is 0 Å². The van der Waals surface area contributed by atoms with E-state index in [1.54, 1.807) is 6.07 Å². The second-order valence-electron chi connectivity index (χ2n) is 4.88. The molecular weight excluding hydrogens is 224 g/mol. The van der Waals surface area contributed by atoms with Crippen molar-refractivity contribution >= 4 is 11.9 Å². The summed E-state index contributed by atoms with van der Waals surface area (Å²) in [6, 6.07) is 1.54. The molecule has 0 saturated heterocycles. The summed E-state index contributed by atoms with van der Waals surface area (Å²) in [7, 11) is 1.40. The van der Waals surface area contributed by atoms with Gasteiger partial charge in [-0.2, -0.15) is 0 Å². The maximum atomic E-state index is 11.8. The number of carbonyl (C=O) groups excluding carboxylic acids is 1. The van der Waals surface area contributed by atoms with Crippen LogP contribution in [-0.4, -0.2) is 40.6 Å². The molecule has 17 heavy (non-hydrogen) atoms. The number of rotatable bonds is 3. The van der Waals surface area contributed by atoms with Crippen molar-refractivity contribution in [2.24, 2.45) is 0 Å². The molecule has 1 aromatic rings. The minimum absolute atomic E-state index is 0.124. The maximum absolute atomic E-state index is 11.8. The molecule has 0 atom stereocenters. The number of likely N-dealkylation sites (N-methyl/N-ethyl adjacent to an activating group) is 1. The van der Waals surface area contributed by atoms with Crippen molar-refractivity contribution < 1.29 is 19.2 Å². The van der Waals surface area contributed by atoms with Crippen LogP contribution in [0.2, 0.25) is 0 Å². The molecule has 0 bridgehead atoms. The van der Waals surface area contributed by atoms with Crippen LogP contribution in [0.3, 0.4) is 0 Å². The Kier molecular flexibility index (Phi) is 3.55. The van der Waals surface area contributed by atoms with E-state index in [0.29, 0.717) is 5.76 Å². The molecule has 1 aromatic heterocycles. The van der Waals surface area contributed by atoms with Gasteiger partial charge < -0.3 is 14.5 Å². The number of nitrogens with zero attached hydrogens (tertiary/aromatic N) is 2. The van der Waals surface area contributed by atoms with Gasteiger partial charge in [0.1, 0.15) is 12.3 Å². The van der Waals surface area contributed by atoms with Gasteiger partial charge in [-0.25, -0.2) is 0 Å². The van der Waals surface area contributed by atoms with Crippen molar-refractivity contribution in [3.05, 3.63) is 17.5 Å². The van der Waals surface area contributed by atoms with Crippen LogP contribution in [0.25, 0.3) is 0 Å². The summed E-state index contributed by atoms with van der Waals surface area (Å²) in [6.07, 6.45) is 0. The number of carboxylic acids is 1. The minimum atomic E-state index is -1.07. The predicted octanol–water partition coefficient (Wildman–Crippen LogP) is 1.13. The molecule has 0 aromatic carbocycles. The van der Waals surface area contributed by atoms with Gasteiger partial charge in [0.25, 0.3) is 5.91 Å². The standard InChI is InChI=1S/C11H16N2O4/c1-11(2,3)8-5-7(12-17-8)10(16)13(4)6-9(14)15/h5H,6H2,1-4H3,(H,14,15). The number of aliphatic carboxylic acids is 1. The van der Waals surface area contributed by atoms with E-state index in [4.69, 9.17) is 9.63 Å². The number of carbonyl (C=O) groups is 2. The highest BCUT2D eigenvalue weighted by atomic mass is 16.5. The highest BCUT2D eigenvalue weighted by Gasteiger charge is 2.24. The van der Waals surface area contributed by atoms with Gasteiger partial charge in [0.2, 0.25) is 0 Å². The Labute approximate surface area is 99.2 Å². The molecule has 0 spiro atoms. The zero-order valence-electron chi connectivity index (χ0n) is 10.4. The van der Waals surface area contributed by atoms with Gasteiger partial charge in [0, 0.05) is 18.5 Å². The number of amides is 1. The fourth-order valence-corrected chi connectivity index (χ4v) is 1.20. The zero-order chi connectivity index (χ0) is 13.2. The lowest BCUT2D eigenvalue weighted by Gasteiger charge is -2.13. The molecular formula is C11H16N2O4. The Balaban J connectivity index is 2.84. The first-order chi connectivity index (χ1) is 7.71. The molecule has 0 fully saturated rings. The molecule has 0 unspecified atom stereocenters. The lowest BCUT2D eigenvalue weighted by Crippen LogP contribution is -2.32. The van der Waals surface area contributed by atoms with E-state index in [1.165, 1.54) is 7.05 Å². The van der Waals surface area contributed by atoms with Crippen LogP contribution < -0.4 is 0 Å². The van der Waals surface area contributed by atoms with Crippen molar-refractivity contribution in [2.45, 2.75) is 26.2 Å². The van der Waals surface area contributed by atoms with Crippen molar-refractivity contribution in [1.82, 2.24) is 10.1 Å². The molecule has 0 aliphatic heterocycles. The van der Waals surface area contributed by atoms with E-state index in [0.717, 1.165) is 4.90 Å². The second-order valence-corrected chi connectivity index (χ2v) is 4.88. The summed E-state index contributed by atoms with van der Waals surface area (Å²) >= 11 is 0. The predicted molar refractivity (Wildman–Crippen MR) is 59.8 cm³/mol. The van der Waals surface area contributed by atoms with Gasteiger partial charge >= 0.3 is 5.97 Å². The van der Waals surface area contributed by atoms with Crippen LogP contribution in [0.1, 0.15) is 37.0 Å². The molecule has 1 N–H and O–H groups in total. The Bertz CT molecular complexity index is 431. The van der Waals surface area contributed by atoms with Crippen molar-refractivity contribution in [3.8, 4) is 0 Å². The average molecular weight is 240 g/mol. The lowest BCUT2D eigenvalue weighted by molar-refractivity contribution is -0.137. The number of carboxylic acid groups (broad SMARTS) is 1. The first-order valence-electron chi connectivity index (χ1n) is 5.16. The first kappa shape index (κ1) is 13.2. The third-order valence-corrected chi connectivity index (χ3v) is 2.19. The molecule has 6 heteroatoms. The summed E-state index contributed by atoms with van der Waals surface area (Å²) < 4.78 is 5.06. The normalized spacial score (nSPS) is 11.3. The fourth-order valence-electron chi connectivity index (χ4n) is 1.20. The number of hydrogen-bond donors (Lipinski definition) is 1. The highest BCUT2D eigenvalue weighted by Crippen LogP contribution is 2.22. The SMILES string of the molecule is CN(CC(=O)O)C(=O)c1cc(C(C)(C)C)on1. The summed E-state index contributed by atoms with van der Waals surface area (Å²) in [6.45, 7) is 5.44. The molecule has 1 heterocycles. The molecule has 1 rings (SSSR count). The van der Waals surface area contributed by atoms with Crippen molar-refractivity contribution in [3.63, 3.8) is 0 Å². The maximum Gasteiger partial charge on any atom is 0.323 e.